The minimum Gasteiger partial charge on any atom is -0.338 e. The molecule has 0 saturated carbocycles. The van der Waals surface area contributed by atoms with E-state index in [0.29, 0.717) is 17.0 Å². The van der Waals surface area contributed by atoms with Crippen LogP contribution < -0.4 is 4.90 Å². The van der Waals surface area contributed by atoms with E-state index in [1.165, 1.54) is 17.8 Å². The number of nitrogens with zero attached hydrogens (tertiary/aromatic N) is 5. The van der Waals surface area contributed by atoms with E-state index in [9.17, 15) is 18.0 Å². The number of halogens is 3. The fraction of sp³-hybridized carbons (Fsp3) is 0.321. The lowest BCUT2D eigenvalue weighted by Crippen LogP contribution is -2.47. The maximum atomic E-state index is 13.4. The second-order valence-corrected chi connectivity index (χ2v) is 10.4. The first-order valence-corrected chi connectivity index (χ1v) is 13.4. The van der Waals surface area contributed by atoms with E-state index in [2.05, 4.69) is 19.8 Å². The summed E-state index contributed by atoms with van der Waals surface area (Å²) in [4.78, 5) is 28.8. The molecule has 1 unspecified atom stereocenters. The van der Waals surface area contributed by atoms with Crippen molar-refractivity contribution in [3.63, 3.8) is 0 Å². The van der Waals surface area contributed by atoms with Crippen LogP contribution in [0.5, 0.6) is 0 Å². The van der Waals surface area contributed by atoms with Crippen LogP contribution in [-0.2, 0) is 11.0 Å². The monoisotopic (exact) mass is 539 g/mol. The van der Waals surface area contributed by atoms with Gasteiger partial charge in [-0.25, -0.2) is 9.97 Å². The number of piperazine rings is 1. The number of carbonyl (C=O) groups excluding carboxylic acids is 1. The van der Waals surface area contributed by atoms with Gasteiger partial charge in [-0.15, -0.1) is 0 Å². The highest BCUT2D eigenvalue weighted by Gasteiger charge is 2.38. The molecule has 0 spiro atoms. The molecule has 2 aromatic carbocycles. The zero-order valence-corrected chi connectivity index (χ0v) is 21.5. The third-order valence-electron chi connectivity index (χ3n) is 6.67. The largest absolute Gasteiger partial charge is 0.416 e. The van der Waals surface area contributed by atoms with Gasteiger partial charge in [-0.3, -0.25) is 9.69 Å². The molecule has 1 amide bonds. The number of alkyl halides is 3. The van der Waals surface area contributed by atoms with Crippen LogP contribution >= 0.6 is 11.8 Å². The number of anilines is 1. The van der Waals surface area contributed by atoms with Crippen LogP contribution in [0.4, 0.5) is 19.1 Å². The first-order chi connectivity index (χ1) is 18.4. The lowest BCUT2D eigenvalue weighted by molar-refractivity contribution is -0.137. The van der Waals surface area contributed by atoms with Gasteiger partial charge in [0.25, 0.3) is 5.91 Å². The van der Waals surface area contributed by atoms with E-state index < -0.39 is 17.1 Å². The molecule has 10 heteroatoms. The molecule has 2 aliphatic heterocycles. The summed E-state index contributed by atoms with van der Waals surface area (Å²) in [5.41, 5.74) is 0.656. The standard InChI is InChI=1S/C28H28F3N5OS/c29-28(30,31)23-10-4-9-22(20-23)26-36(25(37)24(38-26)19-21-7-2-1-3-8-21)14-6-13-34-15-17-35(18-16-34)27-32-11-5-12-33-27/h1-5,7-12,19-20,26H,6,13-18H2/b24-19+. The van der Waals surface area contributed by atoms with Crippen molar-refractivity contribution >= 4 is 29.7 Å². The number of amides is 1. The van der Waals surface area contributed by atoms with Crippen LogP contribution in [0.2, 0.25) is 0 Å². The summed E-state index contributed by atoms with van der Waals surface area (Å²) in [6.07, 6.45) is 1.58. The number of benzene rings is 2. The molecule has 2 saturated heterocycles. The minimum absolute atomic E-state index is 0.146. The Morgan fingerprint density at radius 2 is 1.66 bits per heavy atom. The number of rotatable bonds is 7. The van der Waals surface area contributed by atoms with Gasteiger partial charge < -0.3 is 9.80 Å². The van der Waals surface area contributed by atoms with Gasteiger partial charge in [0.05, 0.1) is 10.5 Å². The average molecular weight is 540 g/mol. The molecule has 1 aromatic heterocycles. The topological polar surface area (TPSA) is 52.6 Å². The Morgan fingerprint density at radius 3 is 2.37 bits per heavy atom. The number of carbonyl (C=O) groups is 1. The van der Waals surface area contributed by atoms with E-state index in [0.717, 1.165) is 62.8 Å². The molecule has 5 rings (SSSR count). The Balaban J connectivity index is 1.27. The Morgan fingerprint density at radius 1 is 0.921 bits per heavy atom. The molecule has 0 N–H and O–H groups in total. The predicted octanol–water partition coefficient (Wildman–Crippen LogP) is 5.32. The average Bonchev–Trinajstić information content (AvgIpc) is 3.24. The van der Waals surface area contributed by atoms with Crippen molar-refractivity contribution in [2.24, 2.45) is 0 Å². The highest BCUT2D eigenvalue weighted by atomic mass is 32.2. The van der Waals surface area contributed by atoms with Crippen molar-refractivity contribution in [3.8, 4) is 0 Å². The van der Waals surface area contributed by atoms with Crippen molar-refractivity contribution in [2.75, 3.05) is 44.2 Å². The van der Waals surface area contributed by atoms with Crippen LogP contribution in [-0.4, -0.2) is 64.9 Å². The van der Waals surface area contributed by atoms with Crippen molar-refractivity contribution in [1.82, 2.24) is 19.8 Å². The van der Waals surface area contributed by atoms with Crippen LogP contribution in [0, 0.1) is 0 Å². The maximum absolute atomic E-state index is 13.4. The van der Waals surface area contributed by atoms with Crippen LogP contribution in [0.25, 0.3) is 6.08 Å². The van der Waals surface area contributed by atoms with Crippen molar-refractivity contribution < 1.29 is 18.0 Å². The number of aromatic nitrogens is 2. The number of hydrogen-bond donors (Lipinski definition) is 0. The molecular weight excluding hydrogens is 511 g/mol. The summed E-state index contributed by atoms with van der Waals surface area (Å²) in [5, 5.41) is -0.508. The molecule has 0 bridgehead atoms. The Kier molecular flexibility index (Phi) is 7.99. The van der Waals surface area contributed by atoms with Crippen LogP contribution in [0.3, 0.4) is 0 Å². The molecule has 0 radical (unpaired) electrons. The van der Waals surface area contributed by atoms with E-state index >= 15 is 0 Å². The molecule has 2 fully saturated rings. The molecule has 3 heterocycles. The highest BCUT2D eigenvalue weighted by molar-refractivity contribution is 8.04. The molecule has 3 aromatic rings. The van der Waals surface area contributed by atoms with Gasteiger partial charge in [0.1, 0.15) is 5.37 Å². The van der Waals surface area contributed by atoms with Gasteiger partial charge in [-0.2, -0.15) is 13.2 Å². The van der Waals surface area contributed by atoms with Gasteiger partial charge in [0.2, 0.25) is 5.95 Å². The third-order valence-corrected chi connectivity index (χ3v) is 7.97. The normalized spacial score (nSPS) is 19.9. The predicted molar refractivity (Wildman–Crippen MR) is 143 cm³/mol. The SMILES string of the molecule is O=C1/C(=C\c2ccccc2)SC(c2cccc(C(F)(F)F)c2)N1CCCN1CCN(c2ncccn2)CC1. The first-order valence-electron chi connectivity index (χ1n) is 12.5. The Bertz CT molecular complexity index is 1260. The van der Waals surface area contributed by atoms with Crippen LogP contribution in [0.1, 0.15) is 28.5 Å². The minimum atomic E-state index is -4.44. The molecular formula is C28H28F3N5OS. The van der Waals surface area contributed by atoms with Crippen LogP contribution in [0.15, 0.2) is 78.0 Å². The molecule has 2 aliphatic rings. The molecule has 38 heavy (non-hydrogen) atoms. The van der Waals surface area contributed by atoms with Gasteiger partial charge >= 0.3 is 6.18 Å². The molecule has 198 valence electrons. The Hall–Kier alpha value is -3.37. The second kappa shape index (κ2) is 11.6. The summed E-state index contributed by atoms with van der Waals surface area (Å²) >= 11 is 1.31. The van der Waals surface area contributed by atoms with E-state index in [1.807, 2.05) is 36.4 Å². The Labute approximate surface area is 224 Å². The maximum Gasteiger partial charge on any atom is 0.416 e. The lowest BCUT2D eigenvalue weighted by atomic mass is 10.1. The lowest BCUT2D eigenvalue weighted by Gasteiger charge is -2.35. The summed E-state index contributed by atoms with van der Waals surface area (Å²) in [6.45, 7) is 4.61. The van der Waals surface area contributed by atoms with Crippen molar-refractivity contribution in [1.29, 1.82) is 0 Å². The molecule has 0 aliphatic carbocycles. The summed E-state index contributed by atoms with van der Waals surface area (Å²) in [5.74, 6) is 0.584. The summed E-state index contributed by atoms with van der Waals surface area (Å²) < 4.78 is 40.3. The first kappa shape index (κ1) is 26.2. The summed E-state index contributed by atoms with van der Waals surface area (Å²) in [7, 11) is 0. The van der Waals surface area contributed by atoms with Crippen molar-refractivity contribution in [2.45, 2.75) is 18.0 Å². The van der Waals surface area contributed by atoms with Gasteiger partial charge in [0.15, 0.2) is 0 Å². The summed E-state index contributed by atoms with van der Waals surface area (Å²) in [6, 6.07) is 16.6. The van der Waals surface area contributed by atoms with Gasteiger partial charge in [-0.05, 0) is 48.4 Å². The van der Waals surface area contributed by atoms with Gasteiger partial charge in [-0.1, -0.05) is 54.2 Å². The van der Waals surface area contributed by atoms with Crippen molar-refractivity contribution in [3.05, 3.63) is 94.7 Å². The number of hydrogen-bond acceptors (Lipinski definition) is 6. The van der Waals surface area contributed by atoms with Gasteiger partial charge in [0, 0.05) is 45.1 Å². The third kappa shape index (κ3) is 6.19. The second-order valence-electron chi connectivity index (χ2n) is 9.24. The smallest absolute Gasteiger partial charge is 0.338 e. The number of thioether (sulfide) groups is 1. The zero-order valence-electron chi connectivity index (χ0n) is 20.7. The quantitative estimate of drug-likeness (QED) is 0.379. The van der Waals surface area contributed by atoms with E-state index in [4.69, 9.17) is 0 Å². The fourth-order valence-electron chi connectivity index (χ4n) is 4.70. The molecule has 1 atom stereocenters. The highest BCUT2D eigenvalue weighted by Crippen LogP contribution is 2.47. The molecule has 6 nitrogen and oxygen atoms in total. The fourth-order valence-corrected chi connectivity index (χ4v) is 5.98. The zero-order chi connectivity index (χ0) is 26.5. The van der Waals surface area contributed by atoms with E-state index in [1.54, 1.807) is 29.4 Å². The van der Waals surface area contributed by atoms with E-state index in [-0.39, 0.29) is 5.91 Å².